The SMILES string of the molecule is CCCCn1nnc(C(=O)O)c1-c1ccc(C)cc1. The van der Waals surface area contributed by atoms with E-state index in [4.69, 9.17) is 0 Å². The van der Waals surface area contributed by atoms with E-state index in [1.54, 1.807) is 4.68 Å². The van der Waals surface area contributed by atoms with Crippen molar-refractivity contribution < 1.29 is 9.90 Å². The van der Waals surface area contributed by atoms with Gasteiger partial charge in [-0.25, -0.2) is 9.48 Å². The molecule has 19 heavy (non-hydrogen) atoms. The fourth-order valence-corrected chi connectivity index (χ4v) is 1.92. The van der Waals surface area contributed by atoms with Gasteiger partial charge in [0.2, 0.25) is 0 Å². The Labute approximate surface area is 111 Å². The molecule has 0 amide bonds. The Morgan fingerprint density at radius 3 is 2.58 bits per heavy atom. The first-order valence-electron chi connectivity index (χ1n) is 6.37. The van der Waals surface area contributed by atoms with Crippen molar-refractivity contribution >= 4 is 5.97 Å². The third-order valence-corrected chi connectivity index (χ3v) is 2.99. The lowest BCUT2D eigenvalue weighted by Crippen LogP contribution is -2.05. The van der Waals surface area contributed by atoms with Crippen LogP contribution in [0, 0.1) is 6.92 Å². The average Bonchev–Trinajstić information content (AvgIpc) is 2.81. The lowest BCUT2D eigenvalue weighted by molar-refractivity contribution is 0.0691. The van der Waals surface area contributed by atoms with Gasteiger partial charge >= 0.3 is 5.97 Å². The second kappa shape index (κ2) is 5.65. The minimum atomic E-state index is -1.04. The van der Waals surface area contributed by atoms with Gasteiger partial charge in [0.25, 0.3) is 0 Å². The van der Waals surface area contributed by atoms with Crippen LogP contribution in [0.5, 0.6) is 0 Å². The van der Waals surface area contributed by atoms with Gasteiger partial charge in [0.15, 0.2) is 5.69 Å². The smallest absolute Gasteiger partial charge is 0.358 e. The predicted molar refractivity (Wildman–Crippen MR) is 72.1 cm³/mol. The van der Waals surface area contributed by atoms with Crippen molar-refractivity contribution in [1.82, 2.24) is 15.0 Å². The maximum Gasteiger partial charge on any atom is 0.358 e. The molecule has 0 radical (unpaired) electrons. The highest BCUT2D eigenvalue weighted by Gasteiger charge is 2.20. The maximum atomic E-state index is 11.2. The molecule has 5 heteroatoms. The number of aromatic nitrogens is 3. The Morgan fingerprint density at radius 1 is 1.32 bits per heavy atom. The van der Waals surface area contributed by atoms with Gasteiger partial charge in [-0.3, -0.25) is 0 Å². The molecule has 100 valence electrons. The van der Waals surface area contributed by atoms with Gasteiger partial charge in [-0.15, -0.1) is 5.10 Å². The van der Waals surface area contributed by atoms with Crippen LogP contribution in [0.2, 0.25) is 0 Å². The molecule has 2 aromatic rings. The zero-order valence-electron chi connectivity index (χ0n) is 11.1. The van der Waals surface area contributed by atoms with Gasteiger partial charge in [-0.2, -0.15) is 0 Å². The summed E-state index contributed by atoms with van der Waals surface area (Å²) in [4.78, 5) is 11.2. The van der Waals surface area contributed by atoms with Crippen molar-refractivity contribution in [3.8, 4) is 11.3 Å². The predicted octanol–water partition coefficient (Wildman–Crippen LogP) is 2.75. The Balaban J connectivity index is 2.47. The number of carboxylic acid groups (broad SMARTS) is 1. The van der Waals surface area contributed by atoms with E-state index >= 15 is 0 Å². The molecule has 2 rings (SSSR count). The van der Waals surface area contributed by atoms with Crippen LogP contribution in [-0.2, 0) is 6.54 Å². The van der Waals surface area contributed by atoms with Crippen molar-refractivity contribution in [1.29, 1.82) is 0 Å². The fraction of sp³-hybridized carbons (Fsp3) is 0.357. The summed E-state index contributed by atoms with van der Waals surface area (Å²) in [5.74, 6) is -1.04. The third-order valence-electron chi connectivity index (χ3n) is 2.99. The van der Waals surface area contributed by atoms with Crippen LogP contribution in [0.4, 0.5) is 0 Å². The summed E-state index contributed by atoms with van der Waals surface area (Å²) in [6, 6.07) is 7.72. The van der Waals surface area contributed by atoms with Crippen molar-refractivity contribution in [2.75, 3.05) is 0 Å². The highest BCUT2D eigenvalue weighted by molar-refractivity contribution is 5.92. The molecular formula is C14H17N3O2. The number of aryl methyl sites for hydroxylation is 2. The number of aromatic carboxylic acids is 1. The molecule has 0 fully saturated rings. The largest absolute Gasteiger partial charge is 0.476 e. The quantitative estimate of drug-likeness (QED) is 0.896. The third kappa shape index (κ3) is 2.81. The van der Waals surface area contributed by atoms with Crippen LogP contribution < -0.4 is 0 Å². The summed E-state index contributed by atoms with van der Waals surface area (Å²) in [7, 11) is 0. The summed E-state index contributed by atoms with van der Waals surface area (Å²) in [5, 5.41) is 16.9. The minimum Gasteiger partial charge on any atom is -0.476 e. The summed E-state index contributed by atoms with van der Waals surface area (Å²) in [6.07, 6.45) is 1.97. The van der Waals surface area contributed by atoms with Crippen molar-refractivity contribution in [3.05, 3.63) is 35.5 Å². The topological polar surface area (TPSA) is 68.0 Å². The normalized spacial score (nSPS) is 10.6. The maximum absolute atomic E-state index is 11.2. The zero-order valence-corrected chi connectivity index (χ0v) is 11.1. The number of nitrogens with zero attached hydrogens (tertiary/aromatic N) is 3. The summed E-state index contributed by atoms with van der Waals surface area (Å²) < 4.78 is 1.68. The number of unbranched alkanes of at least 4 members (excludes halogenated alkanes) is 1. The van der Waals surface area contributed by atoms with E-state index in [9.17, 15) is 9.90 Å². The van der Waals surface area contributed by atoms with Crippen LogP contribution in [0.25, 0.3) is 11.3 Å². The van der Waals surface area contributed by atoms with Crippen LogP contribution in [-0.4, -0.2) is 26.1 Å². The summed E-state index contributed by atoms with van der Waals surface area (Å²) >= 11 is 0. The molecular weight excluding hydrogens is 242 g/mol. The van der Waals surface area contributed by atoms with E-state index in [1.165, 1.54) is 0 Å². The average molecular weight is 259 g/mol. The van der Waals surface area contributed by atoms with E-state index in [2.05, 4.69) is 17.2 Å². The second-order valence-electron chi connectivity index (χ2n) is 4.53. The first kappa shape index (κ1) is 13.3. The van der Waals surface area contributed by atoms with Gasteiger partial charge in [0, 0.05) is 12.1 Å². The highest BCUT2D eigenvalue weighted by Crippen LogP contribution is 2.23. The molecule has 0 saturated heterocycles. The molecule has 0 bridgehead atoms. The molecule has 0 saturated carbocycles. The summed E-state index contributed by atoms with van der Waals surface area (Å²) in [6.45, 7) is 4.76. The van der Waals surface area contributed by atoms with Crippen LogP contribution in [0.1, 0.15) is 35.8 Å². The van der Waals surface area contributed by atoms with Gasteiger partial charge < -0.3 is 5.11 Å². The van der Waals surface area contributed by atoms with E-state index in [-0.39, 0.29) is 5.69 Å². The van der Waals surface area contributed by atoms with E-state index in [1.807, 2.05) is 31.2 Å². The van der Waals surface area contributed by atoms with Crippen molar-refractivity contribution in [2.24, 2.45) is 0 Å². The zero-order chi connectivity index (χ0) is 13.8. The van der Waals surface area contributed by atoms with Crippen molar-refractivity contribution in [2.45, 2.75) is 33.2 Å². The number of rotatable bonds is 5. The molecule has 0 aliphatic carbocycles. The Hall–Kier alpha value is -2.17. The van der Waals surface area contributed by atoms with E-state index in [0.717, 1.165) is 24.0 Å². The Bertz CT molecular complexity index is 573. The second-order valence-corrected chi connectivity index (χ2v) is 4.53. The van der Waals surface area contributed by atoms with Crippen LogP contribution >= 0.6 is 0 Å². The Morgan fingerprint density at radius 2 is 2.00 bits per heavy atom. The number of benzene rings is 1. The molecule has 1 heterocycles. The molecule has 5 nitrogen and oxygen atoms in total. The molecule has 1 aromatic heterocycles. The number of hydrogen-bond acceptors (Lipinski definition) is 3. The lowest BCUT2D eigenvalue weighted by atomic mass is 10.1. The lowest BCUT2D eigenvalue weighted by Gasteiger charge is -2.07. The standard InChI is InChI=1S/C14H17N3O2/c1-3-4-9-17-13(12(14(18)19)15-16-17)11-7-5-10(2)6-8-11/h5-8H,3-4,9H2,1-2H3,(H,18,19). The number of hydrogen-bond donors (Lipinski definition) is 1. The molecule has 0 unspecified atom stereocenters. The fourth-order valence-electron chi connectivity index (χ4n) is 1.92. The van der Waals surface area contributed by atoms with Crippen molar-refractivity contribution in [3.63, 3.8) is 0 Å². The van der Waals surface area contributed by atoms with Crippen LogP contribution in [0.3, 0.4) is 0 Å². The molecule has 1 N–H and O–H groups in total. The molecule has 0 atom stereocenters. The first-order chi connectivity index (χ1) is 9.13. The van der Waals surface area contributed by atoms with E-state index < -0.39 is 5.97 Å². The minimum absolute atomic E-state index is 0.0138. The van der Waals surface area contributed by atoms with Gasteiger partial charge in [0.1, 0.15) is 5.69 Å². The summed E-state index contributed by atoms with van der Waals surface area (Å²) in [5.41, 5.74) is 2.57. The first-order valence-corrected chi connectivity index (χ1v) is 6.37. The van der Waals surface area contributed by atoms with Gasteiger partial charge in [-0.05, 0) is 13.3 Å². The highest BCUT2D eigenvalue weighted by atomic mass is 16.4. The van der Waals surface area contributed by atoms with Gasteiger partial charge in [-0.1, -0.05) is 48.4 Å². The Kier molecular flexibility index (Phi) is 3.94. The molecule has 0 aliphatic heterocycles. The van der Waals surface area contributed by atoms with E-state index in [0.29, 0.717) is 12.2 Å². The van der Waals surface area contributed by atoms with Gasteiger partial charge in [0.05, 0.1) is 0 Å². The monoisotopic (exact) mass is 259 g/mol. The molecule has 0 aliphatic rings. The molecule has 1 aromatic carbocycles. The van der Waals surface area contributed by atoms with Crippen LogP contribution in [0.15, 0.2) is 24.3 Å². The number of carboxylic acids is 1. The number of carbonyl (C=O) groups is 1. The molecule has 0 spiro atoms.